The lowest BCUT2D eigenvalue weighted by molar-refractivity contribution is -0.135. The summed E-state index contributed by atoms with van der Waals surface area (Å²) in [7, 11) is 0. The van der Waals surface area contributed by atoms with E-state index in [-0.39, 0.29) is 17.9 Å². The van der Waals surface area contributed by atoms with Crippen molar-refractivity contribution in [1.82, 2.24) is 5.32 Å². The van der Waals surface area contributed by atoms with E-state index in [1.165, 1.54) is 0 Å². The molecule has 2 atom stereocenters. The monoisotopic (exact) mass is 239 g/mol. The minimum atomic E-state index is -4.02. The fourth-order valence-electron chi connectivity index (χ4n) is 1.37. The molecule has 0 saturated heterocycles. The van der Waals surface area contributed by atoms with Crippen LogP contribution in [0.4, 0.5) is 13.2 Å². The van der Waals surface area contributed by atoms with Gasteiger partial charge in [-0.3, -0.25) is 0 Å². The van der Waals surface area contributed by atoms with Gasteiger partial charge in [-0.25, -0.2) is 0 Å². The highest BCUT2D eigenvalue weighted by Gasteiger charge is 2.27. The summed E-state index contributed by atoms with van der Waals surface area (Å²) in [4.78, 5) is 0. The summed E-state index contributed by atoms with van der Waals surface area (Å²) in [5.41, 5.74) is 0.137. The molecule has 0 fully saturated rings. The molecule has 0 amide bonds. The summed E-state index contributed by atoms with van der Waals surface area (Å²) < 4.78 is 35.8. The van der Waals surface area contributed by atoms with E-state index in [1.807, 2.05) is 6.92 Å². The number of hydrogen-bond donors (Lipinski definition) is 1. The van der Waals surface area contributed by atoms with E-state index in [0.717, 1.165) is 0 Å². The first-order valence-electron chi connectivity index (χ1n) is 5.85. The van der Waals surface area contributed by atoms with Crippen LogP contribution in [0, 0.1) is 5.41 Å². The van der Waals surface area contributed by atoms with Gasteiger partial charge in [-0.1, -0.05) is 20.8 Å². The Hall–Kier alpha value is -0.250. The third kappa shape index (κ3) is 7.97. The molecule has 0 radical (unpaired) electrons. The summed E-state index contributed by atoms with van der Waals surface area (Å²) >= 11 is 0. The van der Waals surface area contributed by atoms with Gasteiger partial charge in [0.25, 0.3) is 0 Å². The number of hydrogen-bond acceptors (Lipinski definition) is 1. The normalized spacial score (nSPS) is 17.2. The average molecular weight is 239 g/mol. The van der Waals surface area contributed by atoms with Crippen LogP contribution in [0.15, 0.2) is 0 Å². The zero-order valence-corrected chi connectivity index (χ0v) is 10.9. The molecule has 0 bridgehead atoms. The predicted molar refractivity (Wildman–Crippen MR) is 61.4 cm³/mol. The maximum Gasteiger partial charge on any atom is 0.389 e. The van der Waals surface area contributed by atoms with Gasteiger partial charge in [0.05, 0.1) is 0 Å². The van der Waals surface area contributed by atoms with Crippen molar-refractivity contribution in [1.29, 1.82) is 0 Å². The predicted octanol–water partition coefficient (Wildman–Crippen LogP) is 4.13. The Morgan fingerprint density at radius 3 is 1.94 bits per heavy atom. The second kappa shape index (κ2) is 5.89. The van der Waals surface area contributed by atoms with Crippen molar-refractivity contribution < 1.29 is 13.2 Å². The van der Waals surface area contributed by atoms with Gasteiger partial charge in [0.1, 0.15) is 0 Å². The van der Waals surface area contributed by atoms with Crippen molar-refractivity contribution in [3.05, 3.63) is 0 Å². The van der Waals surface area contributed by atoms with Gasteiger partial charge >= 0.3 is 6.18 Å². The zero-order valence-electron chi connectivity index (χ0n) is 10.9. The highest BCUT2D eigenvalue weighted by atomic mass is 19.4. The minimum Gasteiger partial charge on any atom is -0.311 e. The number of nitrogens with one attached hydrogen (secondary N) is 1. The zero-order chi connectivity index (χ0) is 13.0. The van der Waals surface area contributed by atoms with E-state index < -0.39 is 12.6 Å². The molecule has 98 valence electrons. The van der Waals surface area contributed by atoms with E-state index >= 15 is 0 Å². The number of rotatable bonds is 5. The van der Waals surface area contributed by atoms with Gasteiger partial charge in [0.2, 0.25) is 0 Å². The molecule has 1 N–H and O–H groups in total. The molecule has 0 aromatic rings. The first-order valence-corrected chi connectivity index (χ1v) is 5.85. The van der Waals surface area contributed by atoms with E-state index in [9.17, 15) is 13.2 Å². The van der Waals surface area contributed by atoms with Crippen molar-refractivity contribution in [3.63, 3.8) is 0 Å². The quantitative estimate of drug-likeness (QED) is 0.760. The Labute approximate surface area is 96.8 Å². The van der Waals surface area contributed by atoms with E-state index in [4.69, 9.17) is 0 Å². The van der Waals surface area contributed by atoms with E-state index in [0.29, 0.717) is 12.5 Å². The first kappa shape index (κ1) is 15.8. The van der Waals surface area contributed by atoms with Crippen molar-refractivity contribution >= 4 is 0 Å². The van der Waals surface area contributed by atoms with Crippen LogP contribution in [-0.2, 0) is 0 Å². The lowest BCUT2D eigenvalue weighted by atomic mass is 9.87. The largest absolute Gasteiger partial charge is 0.389 e. The van der Waals surface area contributed by atoms with Crippen LogP contribution in [0.2, 0.25) is 0 Å². The van der Waals surface area contributed by atoms with E-state index in [2.05, 4.69) is 33.0 Å². The van der Waals surface area contributed by atoms with Crippen LogP contribution in [-0.4, -0.2) is 18.3 Å². The van der Waals surface area contributed by atoms with Crippen LogP contribution in [0.1, 0.15) is 53.9 Å². The maximum atomic E-state index is 11.9. The third-order valence-corrected chi connectivity index (χ3v) is 2.93. The molecule has 16 heavy (non-hydrogen) atoms. The SMILES string of the molecule is CC(CCCC(F)(F)F)NC(C)C(C)(C)C. The number of alkyl halides is 3. The molecule has 2 unspecified atom stereocenters. The summed E-state index contributed by atoms with van der Waals surface area (Å²) in [6.45, 7) is 10.4. The molecule has 0 aromatic heterocycles. The topological polar surface area (TPSA) is 12.0 Å². The molecule has 0 heterocycles. The fraction of sp³-hybridized carbons (Fsp3) is 1.00. The average Bonchev–Trinajstić information content (AvgIpc) is 1.99. The molecule has 0 aliphatic rings. The second-order valence-corrected chi connectivity index (χ2v) is 5.66. The Kier molecular flexibility index (Phi) is 5.80. The molecular weight excluding hydrogens is 215 g/mol. The molecule has 1 nitrogen and oxygen atoms in total. The standard InChI is InChI=1S/C12H24F3N/c1-9(7-6-8-12(13,14)15)16-10(2)11(3,4)5/h9-10,16H,6-8H2,1-5H3. The second-order valence-electron chi connectivity index (χ2n) is 5.66. The van der Waals surface area contributed by atoms with Crippen molar-refractivity contribution in [3.8, 4) is 0 Å². The van der Waals surface area contributed by atoms with Gasteiger partial charge in [0, 0.05) is 18.5 Å². The smallest absolute Gasteiger partial charge is 0.311 e. The van der Waals surface area contributed by atoms with Gasteiger partial charge in [-0.2, -0.15) is 13.2 Å². The fourth-order valence-corrected chi connectivity index (χ4v) is 1.37. The van der Waals surface area contributed by atoms with Gasteiger partial charge in [-0.05, 0) is 32.1 Å². The van der Waals surface area contributed by atoms with Crippen LogP contribution in [0.5, 0.6) is 0 Å². The lowest BCUT2D eigenvalue weighted by Gasteiger charge is -2.31. The molecule has 4 heteroatoms. The van der Waals surface area contributed by atoms with E-state index in [1.54, 1.807) is 0 Å². The van der Waals surface area contributed by atoms with Crippen molar-refractivity contribution in [2.45, 2.75) is 72.1 Å². The Balaban J connectivity index is 3.79. The van der Waals surface area contributed by atoms with Gasteiger partial charge < -0.3 is 5.32 Å². The van der Waals surface area contributed by atoms with Crippen LogP contribution in [0.3, 0.4) is 0 Å². The van der Waals surface area contributed by atoms with Crippen molar-refractivity contribution in [2.24, 2.45) is 5.41 Å². The van der Waals surface area contributed by atoms with Crippen LogP contribution in [0.25, 0.3) is 0 Å². The molecule has 0 saturated carbocycles. The molecule has 0 spiro atoms. The first-order chi connectivity index (χ1) is 7.02. The van der Waals surface area contributed by atoms with Crippen molar-refractivity contribution in [2.75, 3.05) is 0 Å². The molecule has 0 aliphatic heterocycles. The Morgan fingerprint density at radius 1 is 1.06 bits per heavy atom. The van der Waals surface area contributed by atoms with Gasteiger partial charge in [0.15, 0.2) is 0 Å². The summed E-state index contributed by atoms with van der Waals surface area (Å²) in [5.74, 6) is 0. The maximum absolute atomic E-state index is 11.9. The Morgan fingerprint density at radius 2 is 1.56 bits per heavy atom. The van der Waals surface area contributed by atoms with Crippen LogP contribution < -0.4 is 5.32 Å². The lowest BCUT2D eigenvalue weighted by Crippen LogP contribution is -2.42. The number of halogens is 3. The third-order valence-electron chi connectivity index (χ3n) is 2.93. The summed E-state index contributed by atoms with van der Waals surface area (Å²) in [6.07, 6.45) is -3.92. The molecule has 0 aliphatic carbocycles. The minimum absolute atomic E-state index is 0.136. The molecule has 0 aromatic carbocycles. The highest BCUT2D eigenvalue weighted by molar-refractivity contribution is 4.78. The molecule has 0 rings (SSSR count). The summed E-state index contributed by atoms with van der Waals surface area (Å²) in [5, 5.41) is 3.34. The summed E-state index contributed by atoms with van der Waals surface area (Å²) in [6, 6.07) is 0.435. The molecular formula is C12H24F3N. The van der Waals surface area contributed by atoms with Crippen LogP contribution >= 0.6 is 0 Å². The Bertz CT molecular complexity index is 193. The van der Waals surface area contributed by atoms with Gasteiger partial charge in [-0.15, -0.1) is 0 Å². The highest BCUT2D eigenvalue weighted by Crippen LogP contribution is 2.23.